The van der Waals surface area contributed by atoms with E-state index in [9.17, 15) is 19.5 Å². The van der Waals surface area contributed by atoms with Crippen molar-refractivity contribution in [2.75, 3.05) is 31.2 Å². The summed E-state index contributed by atoms with van der Waals surface area (Å²) in [6, 6.07) is 19.5. The van der Waals surface area contributed by atoms with Crippen molar-refractivity contribution >= 4 is 23.7 Å². The molecule has 1 spiro atoms. The molecule has 2 amide bonds. The van der Waals surface area contributed by atoms with Crippen LogP contribution in [0.1, 0.15) is 44.1 Å². The van der Waals surface area contributed by atoms with Gasteiger partial charge in [-0.3, -0.25) is 9.59 Å². The molecule has 8 heteroatoms. The van der Waals surface area contributed by atoms with Crippen molar-refractivity contribution in [2.24, 2.45) is 0 Å². The number of carbonyl (C=O) groups excluding carboxylic acids is 2. The number of ether oxygens (including phenoxy) is 1. The summed E-state index contributed by atoms with van der Waals surface area (Å²) in [6.45, 7) is 2.10. The molecule has 2 aromatic rings. The molecule has 2 saturated heterocycles. The van der Waals surface area contributed by atoms with Crippen LogP contribution in [0, 0.1) is 0 Å². The number of esters is 1. The van der Waals surface area contributed by atoms with Crippen molar-refractivity contribution in [3.8, 4) is 0 Å². The van der Waals surface area contributed by atoms with E-state index < -0.39 is 11.6 Å². The standard InChI is InChI=1S/C27H33N3O5/c31-24(35-20-22-10-4-1-5-11-22)14-8-3-9-17-29-21-30(23-12-6-2-7-13-23)27(25(29)32)15-18-28(19-16-27)26(33)34/h1-2,4-7,10-13H,3,8-9,14-21H2,(H,33,34). The monoisotopic (exact) mass is 479 g/mol. The van der Waals surface area contributed by atoms with Crippen molar-refractivity contribution in [1.82, 2.24) is 9.80 Å². The number of piperidine rings is 1. The van der Waals surface area contributed by atoms with Crippen molar-refractivity contribution in [3.05, 3.63) is 66.2 Å². The number of para-hydroxylation sites is 1. The molecule has 0 bridgehead atoms. The van der Waals surface area contributed by atoms with Gasteiger partial charge in [0, 0.05) is 31.7 Å². The predicted octanol–water partition coefficient (Wildman–Crippen LogP) is 4.11. The maximum absolute atomic E-state index is 13.6. The fourth-order valence-corrected chi connectivity index (χ4v) is 5.00. The molecule has 0 atom stereocenters. The summed E-state index contributed by atoms with van der Waals surface area (Å²) in [4.78, 5) is 42.4. The number of benzene rings is 2. The maximum Gasteiger partial charge on any atom is 0.407 e. The van der Waals surface area contributed by atoms with Gasteiger partial charge in [-0.05, 0) is 43.4 Å². The first kappa shape index (κ1) is 24.6. The average molecular weight is 480 g/mol. The van der Waals surface area contributed by atoms with Crippen molar-refractivity contribution in [1.29, 1.82) is 0 Å². The van der Waals surface area contributed by atoms with Gasteiger partial charge >= 0.3 is 12.1 Å². The second kappa shape index (κ2) is 11.3. The Morgan fingerprint density at radius 2 is 1.57 bits per heavy atom. The Morgan fingerprint density at radius 3 is 2.23 bits per heavy atom. The molecule has 0 radical (unpaired) electrons. The predicted molar refractivity (Wildman–Crippen MR) is 132 cm³/mol. The normalized spacial score (nSPS) is 17.1. The smallest absolute Gasteiger partial charge is 0.407 e. The van der Waals surface area contributed by atoms with Gasteiger partial charge in [-0.1, -0.05) is 55.0 Å². The van der Waals surface area contributed by atoms with Gasteiger partial charge in [0.25, 0.3) is 0 Å². The van der Waals surface area contributed by atoms with Gasteiger partial charge in [-0.2, -0.15) is 0 Å². The van der Waals surface area contributed by atoms with Crippen LogP contribution in [0.15, 0.2) is 60.7 Å². The lowest BCUT2D eigenvalue weighted by Crippen LogP contribution is -2.57. The number of hydrogen-bond acceptors (Lipinski definition) is 5. The van der Waals surface area contributed by atoms with Crippen LogP contribution in [-0.2, 0) is 20.9 Å². The van der Waals surface area contributed by atoms with Gasteiger partial charge in [0.05, 0.1) is 6.67 Å². The van der Waals surface area contributed by atoms with Crippen LogP contribution in [-0.4, -0.2) is 64.7 Å². The summed E-state index contributed by atoms with van der Waals surface area (Å²) in [6.07, 6.45) is 2.75. The van der Waals surface area contributed by atoms with Gasteiger partial charge in [-0.15, -0.1) is 0 Å². The second-order valence-electron chi connectivity index (χ2n) is 9.23. The Balaban J connectivity index is 1.27. The first-order valence-electron chi connectivity index (χ1n) is 12.3. The molecule has 0 aromatic heterocycles. The van der Waals surface area contributed by atoms with Gasteiger partial charge in [0.15, 0.2) is 0 Å². The lowest BCUT2D eigenvalue weighted by atomic mass is 9.85. The van der Waals surface area contributed by atoms with Gasteiger partial charge in [-0.25, -0.2) is 4.79 Å². The Kier molecular flexibility index (Phi) is 7.90. The number of hydrogen-bond donors (Lipinski definition) is 1. The molecule has 2 heterocycles. The fraction of sp³-hybridized carbons (Fsp3) is 0.444. The molecule has 8 nitrogen and oxygen atoms in total. The maximum atomic E-state index is 13.6. The van der Waals surface area contributed by atoms with E-state index in [0.29, 0.717) is 52.2 Å². The van der Waals surface area contributed by atoms with E-state index in [0.717, 1.165) is 30.5 Å². The Hall–Kier alpha value is -3.55. The molecule has 186 valence electrons. The van der Waals surface area contributed by atoms with E-state index in [1.54, 1.807) is 0 Å². The summed E-state index contributed by atoms with van der Waals surface area (Å²) < 4.78 is 5.33. The van der Waals surface area contributed by atoms with Gasteiger partial charge in [0.1, 0.15) is 12.1 Å². The highest BCUT2D eigenvalue weighted by atomic mass is 16.5. The molecule has 2 fully saturated rings. The molecule has 0 unspecified atom stereocenters. The molecule has 4 rings (SSSR count). The molecule has 0 aliphatic carbocycles. The highest BCUT2D eigenvalue weighted by molar-refractivity contribution is 5.93. The molecule has 0 saturated carbocycles. The largest absolute Gasteiger partial charge is 0.465 e. The van der Waals surface area contributed by atoms with Crippen LogP contribution in [0.3, 0.4) is 0 Å². The first-order valence-corrected chi connectivity index (χ1v) is 12.3. The molecule has 35 heavy (non-hydrogen) atoms. The number of anilines is 1. The number of rotatable bonds is 9. The summed E-state index contributed by atoms with van der Waals surface area (Å²) in [5.41, 5.74) is 1.25. The second-order valence-corrected chi connectivity index (χ2v) is 9.23. The minimum Gasteiger partial charge on any atom is -0.465 e. The van der Waals surface area contributed by atoms with Crippen LogP contribution in [0.2, 0.25) is 0 Å². The quantitative estimate of drug-likeness (QED) is 0.430. The lowest BCUT2D eigenvalue weighted by Gasteiger charge is -2.42. The van der Waals surface area contributed by atoms with Crippen LogP contribution in [0.5, 0.6) is 0 Å². The minimum atomic E-state index is -0.935. The molecule has 2 aromatic carbocycles. The van der Waals surface area contributed by atoms with E-state index in [-0.39, 0.29) is 11.9 Å². The number of carboxylic acid groups (broad SMARTS) is 1. The zero-order valence-electron chi connectivity index (χ0n) is 20.0. The van der Waals surface area contributed by atoms with Crippen LogP contribution in [0.25, 0.3) is 0 Å². The molecular weight excluding hydrogens is 446 g/mol. The Bertz CT molecular complexity index is 1010. The lowest BCUT2D eigenvalue weighted by molar-refractivity contribution is -0.145. The number of nitrogens with zero attached hydrogens (tertiary/aromatic N) is 3. The minimum absolute atomic E-state index is 0.0775. The van der Waals surface area contributed by atoms with Crippen LogP contribution >= 0.6 is 0 Å². The first-order chi connectivity index (χ1) is 17.0. The third kappa shape index (κ3) is 5.75. The third-order valence-corrected chi connectivity index (χ3v) is 6.99. The van der Waals surface area contributed by atoms with Crippen LogP contribution in [0.4, 0.5) is 10.5 Å². The van der Waals surface area contributed by atoms with E-state index >= 15 is 0 Å². The van der Waals surface area contributed by atoms with Crippen molar-refractivity contribution in [2.45, 2.75) is 50.7 Å². The average Bonchev–Trinajstić information content (AvgIpc) is 3.15. The van der Waals surface area contributed by atoms with Crippen molar-refractivity contribution in [3.63, 3.8) is 0 Å². The summed E-state index contributed by atoms with van der Waals surface area (Å²) in [5, 5.41) is 9.35. The Labute approximate surface area is 206 Å². The third-order valence-electron chi connectivity index (χ3n) is 6.99. The molecule has 1 N–H and O–H groups in total. The van der Waals surface area contributed by atoms with E-state index in [2.05, 4.69) is 4.90 Å². The highest BCUT2D eigenvalue weighted by Gasteiger charge is 2.53. The summed E-state index contributed by atoms with van der Waals surface area (Å²) in [7, 11) is 0. The van der Waals surface area contributed by atoms with Gasteiger partial charge < -0.3 is 24.5 Å². The molecule has 2 aliphatic heterocycles. The summed E-state index contributed by atoms with van der Waals surface area (Å²) in [5.74, 6) is -0.126. The summed E-state index contributed by atoms with van der Waals surface area (Å²) >= 11 is 0. The molecule has 2 aliphatic rings. The van der Waals surface area contributed by atoms with Gasteiger partial charge in [0.2, 0.25) is 5.91 Å². The highest BCUT2D eigenvalue weighted by Crippen LogP contribution is 2.39. The zero-order valence-corrected chi connectivity index (χ0v) is 20.0. The number of likely N-dealkylation sites (tertiary alicyclic amines) is 1. The number of unbranched alkanes of at least 4 members (excludes halogenated alkanes) is 2. The van der Waals surface area contributed by atoms with E-state index in [4.69, 9.17) is 4.74 Å². The van der Waals surface area contributed by atoms with Crippen LogP contribution < -0.4 is 4.90 Å². The molecular formula is C27H33N3O5. The SMILES string of the molecule is O=C(CCCCCN1CN(c2ccccc2)C2(CCN(C(=O)O)CC2)C1=O)OCc1ccccc1. The van der Waals surface area contributed by atoms with E-state index in [1.807, 2.05) is 65.6 Å². The number of carbonyl (C=O) groups is 3. The topological polar surface area (TPSA) is 90.4 Å². The number of amides is 2. The Morgan fingerprint density at radius 1 is 0.914 bits per heavy atom. The fourth-order valence-electron chi connectivity index (χ4n) is 5.00. The van der Waals surface area contributed by atoms with Crippen molar-refractivity contribution < 1.29 is 24.2 Å². The van der Waals surface area contributed by atoms with E-state index in [1.165, 1.54) is 4.90 Å². The zero-order chi connectivity index (χ0) is 24.7.